The Kier molecular flexibility index (Phi) is 3.52. The van der Waals surface area contributed by atoms with Crippen LogP contribution in [0.1, 0.15) is 17.0 Å². The van der Waals surface area contributed by atoms with Crippen molar-refractivity contribution in [3.05, 3.63) is 24.2 Å². The normalized spacial score (nSPS) is 10.0. The summed E-state index contributed by atoms with van der Waals surface area (Å²) in [5.41, 5.74) is 5.33. The average Bonchev–Trinajstić information content (AvgIpc) is 2.65. The minimum atomic E-state index is -0.0987. The number of nitrogens with two attached hydrogens (primary N) is 1. The fourth-order valence-electron chi connectivity index (χ4n) is 1.02. The molecule has 4 heteroatoms. The summed E-state index contributed by atoms with van der Waals surface area (Å²) in [5, 5.41) is 0. The highest BCUT2D eigenvalue weighted by Crippen LogP contribution is 2.03. The van der Waals surface area contributed by atoms with Gasteiger partial charge in [-0.15, -0.1) is 0 Å². The molecule has 1 rings (SSSR count). The SMILES string of the molecule is CN(CCCN)C(=O)c1ccco1. The quantitative estimate of drug-likeness (QED) is 0.745. The van der Waals surface area contributed by atoms with E-state index in [4.69, 9.17) is 10.2 Å². The number of amides is 1. The third-order valence-electron chi connectivity index (χ3n) is 1.78. The summed E-state index contributed by atoms with van der Waals surface area (Å²) in [6, 6.07) is 3.35. The number of carbonyl (C=O) groups is 1. The van der Waals surface area contributed by atoms with Gasteiger partial charge < -0.3 is 15.1 Å². The van der Waals surface area contributed by atoms with Crippen molar-refractivity contribution in [2.75, 3.05) is 20.1 Å². The summed E-state index contributed by atoms with van der Waals surface area (Å²) >= 11 is 0. The molecular formula is C9H14N2O2. The third kappa shape index (κ3) is 2.59. The molecule has 0 saturated carbocycles. The van der Waals surface area contributed by atoms with Crippen LogP contribution in [0.15, 0.2) is 22.8 Å². The molecular weight excluding hydrogens is 168 g/mol. The van der Waals surface area contributed by atoms with Crippen molar-refractivity contribution < 1.29 is 9.21 Å². The molecule has 0 aliphatic rings. The van der Waals surface area contributed by atoms with Gasteiger partial charge in [-0.1, -0.05) is 0 Å². The molecule has 0 aliphatic heterocycles. The molecule has 1 aromatic rings. The Balaban J connectivity index is 2.48. The van der Waals surface area contributed by atoms with Crippen LogP contribution in [-0.4, -0.2) is 30.9 Å². The Morgan fingerprint density at radius 1 is 1.69 bits per heavy atom. The maximum absolute atomic E-state index is 11.5. The predicted molar refractivity (Wildman–Crippen MR) is 49.3 cm³/mol. The van der Waals surface area contributed by atoms with E-state index in [9.17, 15) is 4.79 Å². The molecule has 0 unspecified atom stereocenters. The van der Waals surface area contributed by atoms with E-state index in [1.165, 1.54) is 6.26 Å². The van der Waals surface area contributed by atoms with Crippen LogP contribution in [0.3, 0.4) is 0 Å². The number of hydrogen-bond acceptors (Lipinski definition) is 3. The number of nitrogens with zero attached hydrogens (tertiary/aromatic N) is 1. The fourth-order valence-corrected chi connectivity index (χ4v) is 1.02. The van der Waals surface area contributed by atoms with Gasteiger partial charge in [-0.05, 0) is 25.1 Å². The van der Waals surface area contributed by atoms with Crippen molar-refractivity contribution in [1.29, 1.82) is 0 Å². The summed E-state index contributed by atoms with van der Waals surface area (Å²) in [5.74, 6) is 0.276. The molecule has 1 heterocycles. The monoisotopic (exact) mass is 182 g/mol. The Morgan fingerprint density at radius 3 is 3.00 bits per heavy atom. The van der Waals surface area contributed by atoms with E-state index in [1.54, 1.807) is 24.1 Å². The summed E-state index contributed by atoms with van der Waals surface area (Å²) in [6.07, 6.45) is 2.30. The molecule has 0 saturated heterocycles. The summed E-state index contributed by atoms with van der Waals surface area (Å²) in [7, 11) is 1.74. The van der Waals surface area contributed by atoms with Gasteiger partial charge in [0.05, 0.1) is 6.26 Å². The second-order valence-electron chi connectivity index (χ2n) is 2.85. The molecule has 1 aromatic heterocycles. The van der Waals surface area contributed by atoms with Crippen LogP contribution in [0.4, 0.5) is 0 Å². The highest BCUT2D eigenvalue weighted by atomic mass is 16.3. The van der Waals surface area contributed by atoms with E-state index >= 15 is 0 Å². The molecule has 1 amide bonds. The molecule has 2 N–H and O–H groups in total. The predicted octanol–water partition coefficient (Wildman–Crippen LogP) is 0.700. The van der Waals surface area contributed by atoms with Gasteiger partial charge in [0.15, 0.2) is 5.76 Å². The van der Waals surface area contributed by atoms with E-state index in [2.05, 4.69) is 0 Å². The zero-order valence-corrected chi connectivity index (χ0v) is 7.69. The van der Waals surface area contributed by atoms with Crippen molar-refractivity contribution in [3.63, 3.8) is 0 Å². The molecule has 0 bridgehead atoms. The van der Waals surface area contributed by atoms with Gasteiger partial charge in [0.2, 0.25) is 0 Å². The van der Waals surface area contributed by atoms with Crippen LogP contribution in [0.2, 0.25) is 0 Å². The highest BCUT2D eigenvalue weighted by molar-refractivity contribution is 5.91. The van der Waals surface area contributed by atoms with E-state index < -0.39 is 0 Å². The molecule has 13 heavy (non-hydrogen) atoms. The Morgan fingerprint density at radius 2 is 2.46 bits per heavy atom. The van der Waals surface area contributed by atoms with Crippen LogP contribution in [0.5, 0.6) is 0 Å². The lowest BCUT2D eigenvalue weighted by atomic mass is 10.3. The highest BCUT2D eigenvalue weighted by Gasteiger charge is 2.12. The van der Waals surface area contributed by atoms with Crippen LogP contribution in [0.25, 0.3) is 0 Å². The molecule has 0 radical (unpaired) electrons. The van der Waals surface area contributed by atoms with Crippen LogP contribution < -0.4 is 5.73 Å². The second kappa shape index (κ2) is 4.67. The molecule has 0 aromatic carbocycles. The van der Waals surface area contributed by atoms with Crippen molar-refractivity contribution in [3.8, 4) is 0 Å². The van der Waals surface area contributed by atoms with Gasteiger partial charge in [0, 0.05) is 13.6 Å². The average molecular weight is 182 g/mol. The van der Waals surface area contributed by atoms with E-state index in [-0.39, 0.29) is 5.91 Å². The third-order valence-corrected chi connectivity index (χ3v) is 1.78. The standard InChI is InChI=1S/C9H14N2O2/c1-11(6-3-5-10)9(12)8-4-2-7-13-8/h2,4,7H,3,5-6,10H2,1H3. The first-order chi connectivity index (χ1) is 6.25. The summed E-state index contributed by atoms with van der Waals surface area (Å²) in [4.78, 5) is 13.1. The van der Waals surface area contributed by atoms with E-state index in [1.807, 2.05) is 0 Å². The largest absolute Gasteiger partial charge is 0.459 e. The van der Waals surface area contributed by atoms with Gasteiger partial charge >= 0.3 is 0 Å². The first-order valence-electron chi connectivity index (χ1n) is 4.24. The summed E-state index contributed by atoms with van der Waals surface area (Å²) in [6.45, 7) is 1.26. The lowest BCUT2D eigenvalue weighted by Gasteiger charge is -2.14. The summed E-state index contributed by atoms with van der Waals surface area (Å²) < 4.78 is 4.97. The lowest BCUT2D eigenvalue weighted by molar-refractivity contribution is 0.0763. The van der Waals surface area contributed by atoms with Crippen molar-refractivity contribution >= 4 is 5.91 Å². The molecule has 0 aliphatic carbocycles. The zero-order valence-electron chi connectivity index (χ0n) is 7.69. The topological polar surface area (TPSA) is 59.5 Å². The van der Waals surface area contributed by atoms with Crippen molar-refractivity contribution in [2.24, 2.45) is 5.73 Å². The van der Waals surface area contributed by atoms with E-state index in [0.29, 0.717) is 18.8 Å². The van der Waals surface area contributed by atoms with Crippen molar-refractivity contribution in [1.82, 2.24) is 4.90 Å². The van der Waals surface area contributed by atoms with E-state index in [0.717, 1.165) is 6.42 Å². The molecule has 4 nitrogen and oxygen atoms in total. The van der Waals surface area contributed by atoms with Crippen LogP contribution in [0, 0.1) is 0 Å². The van der Waals surface area contributed by atoms with Crippen LogP contribution >= 0.6 is 0 Å². The smallest absolute Gasteiger partial charge is 0.289 e. The van der Waals surface area contributed by atoms with Gasteiger partial charge in [0.25, 0.3) is 5.91 Å². The fraction of sp³-hybridized carbons (Fsp3) is 0.444. The van der Waals surface area contributed by atoms with Gasteiger partial charge in [-0.3, -0.25) is 4.79 Å². The Labute approximate surface area is 77.3 Å². The maximum atomic E-state index is 11.5. The Hall–Kier alpha value is -1.29. The van der Waals surface area contributed by atoms with Gasteiger partial charge in [-0.2, -0.15) is 0 Å². The number of hydrogen-bond donors (Lipinski definition) is 1. The second-order valence-corrected chi connectivity index (χ2v) is 2.85. The van der Waals surface area contributed by atoms with Crippen LogP contribution in [-0.2, 0) is 0 Å². The van der Waals surface area contributed by atoms with Crippen molar-refractivity contribution in [2.45, 2.75) is 6.42 Å². The minimum absolute atomic E-state index is 0.0987. The maximum Gasteiger partial charge on any atom is 0.289 e. The number of furan rings is 1. The Bertz CT molecular complexity index is 257. The minimum Gasteiger partial charge on any atom is -0.459 e. The first kappa shape index (κ1) is 9.80. The van der Waals surface area contributed by atoms with Gasteiger partial charge in [0.1, 0.15) is 0 Å². The molecule has 0 spiro atoms. The van der Waals surface area contributed by atoms with Gasteiger partial charge in [-0.25, -0.2) is 0 Å². The molecule has 0 fully saturated rings. The number of carbonyl (C=O) groups excluding carboxylic acids is 1. The lowest BCUT2D eigenvalue weighted by Crippen LogP contribution is -2.28. The molecule has 72 valence electrons. The number of rotatable bonds is 4. The molecule has 0 atom stereocenters. The first-order valence-corrected chi connectivity index (χ1v) is 4.24. The zero-order chi connectivity index (χ0) is 9.68.